The molecule has 0 radical (unpaired) electrons. The topological polar surface area (TPSA) is 12.0 Å². The standard InChI is InChI=1S/C12H16FN/c1-12(13)9-14-8-11(12)7-10-5-3-2-4-6-10/h2-6,11,14H,7-9H2,1H3. The van der Waals surface area contributed by atoms with Crippen LogP contribution in [0.15, 0.2) is 30.3 Å². The van der Waals surface area contributed by atoms with Crippen LogP contribution in [0, 0.1) is 5.92 Å². The summed E-state index contributed by atoms with van der Waals surface area (Å²) >= 11 is 0. The van der Waals surface area contributed by atoms with Gasteiger partial charge in [0.1, 0.15) is 5.67 Å². The first-order valence-electron chi connectivity index (χ1n) is 5.12. The first-order valence-corrected chi connectivity index (χ1v) is 5.12. The molecular formula is C12H16FN. The number of nitrogens with one attached hydrogen (secondary N) is 1. The lowest BCUT2D eigenvalue weighted by atomic mass is 9.89. The number of benzene rings is 1. The lowest BCUT2D eigenvalue weighted by Gasteiger charge is -2.21. The Balaban J connectivity index is 2.05. The van der Waals surface area contributed by atoms with Gasteiger partial charge in [-0.25, -0.2) is 4.39 Å². The fourth-order valence-corrected chi connectivity index (χ4v) is 2.03. The van der Waals surface area contributed by atoms with Crippen LogP contribution in [0.2, 0.25) is 0 Å². The molecule has 76 valence electrons. The van der Waals surface area contributed by atoms with E-state index >= 15 is 0 Å². The Morgan fingerprint density at radius 1 is 1.43 bits per heavy atom. The van der Waals surface area contributed by atoms with E-state index in [0.29, 0.717) is 6.54 Å². The lowest BCUT2D eigenvalue weighted by Crippen LogP contribution is -2.29. The second-order valence-corrected chi connectivity index (χ2v) is 4.30. The predicted octanol–water partition coefficient (Wildman–Crippen LogP) is 2.18. The molecule has 2 heteroatoms. The van der Waals surface area contributed by atoms with E-state index in [1.165, 1.54) is 5.56 Å². The quantitative estimate of drug-likeness (QED) is 0.759. The zero-order valence-corrected chi connectivity index (χ0v) is 8.46. The van der Waals surface area contributed by atoms with Crippen LogP contribution in [0.25, 0.3) is 0 Å². The molecule has 0 bridgehead atoms. The van der Waals surface area contributed by atoms with Gasteiger partial charge in [-0.05, 0) is 18.9 Å². The average molecular weight is 193 g/mol. The van der Waals surface area contributed by atoms with E-state index in [2.05, 4.69) is 17.4 Å². The summed E-state index contributed by atoms with van der Waals surface area (Å²) in [6.07, 6.45) is 0.834. The van der Waals surface area contributed by atoms with Crippen LogP contribution in [0.3, 0.4) is 0 Å². The van der Waals surface area contributed by atoms with Gasteiger partial charge in [-0.3, -0.25) is 0 Å². The summed E-state index contributed by atoms with van der Waals surface area (Å²) in [5, 5.41) is 3.11. The molecule has 0 spiro atoms. The molecule has 0 amide bonds. The smallest absolute Gasteiger partial charge is 0.124 e. The minimum atomic E-state index is -1.05. The molecule has 1 aromatic rings. The molecule has 0 aromatic heterocycles. The highest BCUT2D eigenvalue weighted by Crippen LogP contribution is 2.28. The van der Waals surface area contributed by atoms with Gasteiger partial charge >= 0.3 is 0 Å². The highest BCUT2D eigenvalue weighted by atomic mass is 19.1. The molecule has 2 unspecified atom stereocenters. The summed E-state index contributed by atoms with van der Waals surface area (Å²) in [5.41, 5.74) is 0.181. The van der Waals surface area contributed by atoms with Gasteiger partial charge in [0, 0.05) is 19.0 Å². The molecular weight excluding hydrogens is 177 g/mol. The number of alkyl halides is 1. The molecule has 2 atom stereocenters. The maximum atomic E-state index is 13.9. The lowest BCUT2D eigenvalue weighted by molar-refractivity contribution is 0.152. The number of hydrogen-bond donors (Lipinski definition) is 1. The maximum Gasteiger partial charge on any atom is 0.124 e. The summed E-state index contributed by atoms with van der Waals surface area (Å²) in [6, 6.07) is 10.1. The van der Waals surface area contributed by atoms with Crippen LogP contribution < -0.4 is 5.32 Å². The Morgan fingerprint density at radius 3 is 2.71 bits per heavy atom. The van der Waals surface area contributed by atoms with Gasteiger partial charge in [0.05, 0.1) is 0 Å². The van der Waals surface area contributed by atoms with Crippen molar-refractivity contribution < 1.29 is 4.39 Å². The predicted molar refractivity (Wildman–Crippen MR) is 56.0 cm³/mol. The van der Waals surface area contributed by atoms with Crippen LogP contribution in [-0.4, -0.2) is 18.8 Å². The number of rotatable bonds is 2. The summed E-state index contributed by atoms with van der Waals surface area (Å²) in [6.45, 7) is 2.98. The third-order valence-electron chi connectivity index (χ3n) is 3.04. The monoisotopic (exact) mass is 193 g/mol. The summed E-state index contributed by atoms with van der Waals surface area (Å²) < 4.78 is 13.9. The van der Waals surface area contributed by atoms with E-state index in [1.807, 2.05) is 18.2 Å². The Hall–Kier alpha value is -0.890. The number of hydrogen-bond acceptors (Lipinski definition) is 1. The molecule has 1 N–H and O–H groups in total. The van der Waals surface area contributed by atoms with Crippen molar-refractivity contribution in [3.05, 3.63) is 35.9 Å². The minimum Gasteiger partial charge on any atom is -0.313 e. The van der Waals surface area contributed by atoms with Gasteiger partial charge in [0.15, 0.2) is 0 Å². The number of halogens is 1. The van der Waals surface area contributed by atoms with E-state index in [0.717, 1.165) is 13.0 Å². The van der Waals surface area contributed by atoms with Gasteiger partial charge in [0.25, 0.3) is 0 Å². The normalized spacial score (nSPS) is 32.0. The molecule has 0 saturated carbocycles. The second kappa shape index (κ2) is 3.70. The van der Waals surface area contributed by atoms with Gasteiger partial charge < -0.3 is 5.32 Å². The summed E-state index contributed by atoms with van der Waals surface area (Å²) in [4.78, 5) is 0. The van der Waals surface area contributed by atoms with Crippen LogP contribution >= 0.6 is 0 Å². The average Bonchev–Trinajstić information content (AvgIpc) is 2.48. The Kier molecular flexibility index (Phi) is 2.55. The molecule has 1 nitrogen and oxygen atoms in total. The first kappa shape index (κ1) is 9.66. The van der Waals surface area contributed by atoms with Gasteiger partial charge in [0.2, 0.25) is 0 Å². The maximum absolute atomic E-state index is 13.9. The van der Waals surface area contributed by atoms with Gasteiger partial charge in [-0.2, -0.15) is 0 Å². The molecule has 1 heterocycles. The third kappa shape index (κ3) is 1.95. The van der Waals surface area contributed by atoms with Crippen molar-refractivity contribution >= 4 is 0 Å². The SMILES string of the molecule is CC1(F)CNCC1Cc1ccccc1. The van der Waals surface area contributed by atoms with Crippen LogP contribution in [0.4, 0.5) is 4.39 Å². The fourth-order valence-electron chi connectivity index (χ4n) is 2.03. The third-order valence-corrected chi connectivity index (χ3v) is 3.04. The van der Waals surface area contributed by atoms with Crippen molar-refractivity contribution in [3.8, 4) is 0 Å². The molecule has 1 aliphatic heterocycles. The fraction of sp³-hybridized carbons (Fsp3) is 0.500. The van der Waals surface area contributed by atoms with Crippen LogP contribution in [0.5, 0.6) is 0 Å². The molecule has 1 saturated heterocycles. The molecule has 0 aliphatic carbocycles. The van der Waals surface area contributed by atoms with E-state index in [-0.39, 0.29) is 5.92 Å². The highest BCUT2D eigenvalue weighted by Gasteiger charge is 2.38. The Morgan fingerprint density at radius 2 is 2.14 bits per heavy atom. The van der Waals surface area contributed by atoms with E-state index in [9.17, 15) is 4.39 Å². The zero-order chi connectivity index (χ0) is 10.0. The van der Waals surface area contributed by atoms with Crippen molar-refractivity contribution in [2.24, 2.45) is 5.92 Å². The second-order valence-electron chi connectivity index (χ2n) is 4.30. The van der Waals surface area contributed by atoms with E-state index in [4.69, 9.17) is 0 Å². The largest absolute Gasteiger partial charge is 0.313 e. The molecule has 14 heavy (non-hydrogen) atoms. The van der Waals surface area contributed by atoms with Crippen molar-refractivity contribution in [2.75, 3.05) is 13.1 Å². The first-order chi connectivity index (χ1) is 6.68. The van der Waals surface area contributed by atoms with Crippen molar-refractivity contribution in [3.63, 3.8) is 0 Å². The van der Waals surface area contributed by atoms with Crippen molar-refractivity contribution in [1.82, 2.24) is 5.32 Å². The summed E-state index contributed by atoms with van der Waals surface area (Å²) in [7, 11) is 0. The highest BCUT2D eigenvalue weighted by molar-refractivity contribution is 5.16. The van der Waals surface area contributed by atoms with E-state index in [1.54, 1.807) is 6.92 Å². The summed E-state index contributed by atoms with van der Waals surface area (Å²) in [5.74, 6) is 0.116. The molecule has 1 aromatic carbocycles. The van der Waals surface area contributed by atoms with Gasteiger partial charge in [-0.1, -0.05) is 30.3 Å². The zero-order valence-electron chi connectivity index (χ0n) is 8.46. The van der Waals surface area contributed by atoms with Crippen molar-refractivity contribution in [2.45, 2.75) is 19.0 Å². The van der Waals surface area contributed by atoms with Gasteiger partial charge in [-0.15, -0.1) is 0 Å². The van der Waals surface area contributed by atoms with Crippen molar-refractivity contribution in [1.29, 1.82) is 0 Å². The molecule has 2 rings (SSSR count). The minimum absolute atomic E-state index is 0.116. The van der Waals surface area contributed by atoms with E-state index < -0.39 is 5.67 Å². The molecule has 1 aliphatic rings. The Bertz CT molecular complexity index is 294. The molecule has 1 fully saturated rings. The van der Waals surface area contributed by atoms with Crippen LogP contribution in [0.1, 0.15) is 12.5 Å². The van der Waals surface area contributed by atoms with Crippen LogP contribution in [-0.2, 0) is 6.42 Å². The Labute approximate surface area is 84.3 Å².